The zero-order chi connectivity index (χ0) is 15.4. The first-order valence-corrected chi connectivity index (χ1v) is 8.07. The number of nitriles is 1. The Labute approximate surface area is 133 Å². The van der Waals surface area contributed by atoms with Crippen molar-refractivity contribution in [2.24, 2.45) is 5.73 Å². The molecule has 0 aromatic heterocycles. The lowest BCUT2D eigenvalue weighted by Gasteiger charge is -2.31. The van der Waals surface area contributed by atoms with Crippen molar-refractivity contribution >= 4 is 22.4 Å². The summed E-state index contributed by atoms with van der Waals surface area (Å²) in [6.07, 6.45) is 1.24. The summed E-state index contributed by atoms with van der Waals surface area (Å²) in [7, 11) is -3.64. The monoisotopic (exact) mass is 331 g/mol. The van der Waals surface area contributed by atoms with E-state index < -0.39 is 15.6 Å². The van der Waals surface area contributed by atoms with Crippen LogP contribution in [0.2, 0.25) is 0 Å². The number of aryl methyl sites for hydroxylation is 1. The number of nitrogens with zero attached hydrogens (tertiary/aromatic N) is 1. The van der Waals surface area contributed by atoms with E-state index in [1.807, 2.05) is 19.9 Å². The highest BCUT2D eigenvalue weighted by molar-refractivity contribution is 7.89. The lowest BCUT2D eigenvalue weighted by molar-refractivity contribution is 0.363. The van der Waals surface area contributed by atoms with E-state index in [1.54, 1.807) is 6.92 Å². The Morgan fingerprint density at radius 2 is 1.90 bits per heavy atom. The molecule has 0 saturated carbocycles. The molecule has 0 fully saturated rings. The number of halogens is 1. The molecule has 1 rings (SSSR count). The summed E-state index contributed by atoms with van der Waals surface area (Å²) in [5.41, 5.74) is 6.21. The van der Waals surface area contributed by atoms with Crippen molar-refractivity contribution in [2.45, 2.75) is 44.0 Å². The molecule has 118 valence electrons. The van der Waals surface area contributed by atoms with Crippen molar-refractivity contribution in [3.8, 4) is 6.07 Å². The molecule has 0 aliphatic rings. The highest BCUT2D eigenvalue weighted by Gasteiger charge is 2.30. The third kappa shape index (κ3) is 4.42. The molecule has 0 spiro atoms. The zero-order valence-corrected chi connectivity index (χ0v) is 14.1. The second-order valence-corrected chi connectivity index (χ2v) is 6.57. The Hall–Kier alpha value is -1.13. The Balaban J connectivity index is 0.00000400. The van der Waals surface area contributed by atoms with Crippen LogP contribution in [-0.2, 0) is 10.0 Å². The van der Waals surface area contributed by atoms with Crippen molar-refractivity contribution in [3.63, 3.8) is 0 Å². The standard InChI is InChI=1S/C14H21N3O2S.ClH/c1-4-14(5-2,10-16)17-20(18,19)13-7-6-12(9-15)11(3)8-13;/h6-8,17H,4-5,10,16H2,1-3H3;1H. The molecule has 0 radical (unpaired) electrons. The van der Waals surface area contributed by atoms with Gasteiger partial charge in [0.25, 0.3) is 0 Å². The molecule has 1 aromatic carbocycles. The SMILES string of the molecule is CCC(CC)(CN)NS(=O)(=O)c1ccc(C#N)c(C)c1.Cl. The van der Waals surface area contributed by atoms with Crippen LogP contribution in [0.25, 0.3) is 0 Å². The van der Waals surface area contributed by atoms with E-state index in [9.17, 15) is 8.42 Å². The summed E-state index contributed by atoms with van der Waals surface area (Å²) in [6, 6.07) is 6.49. The van der Waals surface area contributed by atoms with E-state index in [0.29, 0.717) is 24.0 Å². The van der Waals surface area contributed by atoms with Gasteiger partial charge in [-0.2, -0.15) is 5.26 Å². The third-order valence-corrected chi connectivity index (χ3v) is 5.30. The first-order valence-electron chi connectivity index (χ1n) is 6.59. The molecule has 0 bridgehead atoms. The zero-order valence-electron chi connectivity index (χ0n) is 12.5. The van der Waals surface area contributed by atoms with Crippen molar-refractivity contribution < 1.29 is 8.42 Å². The normalized spacial score (nSPS) is 11.6. The number of sulfonamides is 1. The van der Waals surface area contributed by atoms with Gasteiger partial charge in [0.15, 0.2) is 0 Å². The van der Waals surface area contributed by atoms with E-state index >= 15 is 0 Å². The van der Waals surface area contributed by atoms with Crippen molar-refractivity contribution in [1.82, 2.24) is 4.72 Å². The molecule has 0 saturated heterocycles. The molecule has 7 heteroatoms. The lowest BCUT2D eigenvalue weighted by atomic mass is 9.95. The number of hydrogen-bond donors (Lipinski definition) is 2. The van der Waals surface area contributed by atoms with Gasteiger partial charge in [-0.25, -0.2) is 13.1 Å². The second kappa shape index (κ2) is 7.76. The van der Waals surface area contributed by atoms with Crippen LogP contribution in [0.1, 0.15) is 37.8 Å². The average molecular weight is 332 g/mol. The van der Waals surface area contributed by atoms with Crippen molar-refractivity contribution in [1.29, 1.82) is 5.26 Å². The van der Waals surface area contributed by atoms with Crippen molar-refractivity contribution in [3.05, 3.63) is 29.3 Å². The minimum atomic E-state index is -3.64. The molecule has 1 aromatic rings. The number of nitrogens with two attached hydrogens (primary N) is 1. The number of benzene rings is 1. The topological polar surface area (TPSA) is 96.0 Å². The molecular weight excluding hydrogens is 310 g/mol. The first-order chi connectivity index (χ1) is 9.34. The maximum atomic E-state index is 12.4. The van der Waals surface area contributed by atoms with Crippen LogP contribution in [0.4, 0.5) is 0 Å². The molecule has 0 amide bonds. The second-order valence-electron chi connectivity index (χ2n) is 4.89. The molecule has 0 atom stereocenters. The molecule has 3 N–H and O–H groups in total. The fourth-order valence-corrected chi connectivity index (χ4v) is 3.64. The third-order valence-electron chi connectivity index (χ3n) is 3.72. The summed E-state index contributed by atoms with van der Waals surface area (Å²) < 4.78 is 27.6. The summed E-state index contributed by atoms with van der Waals surface area (Å²) in [4.78, 5) is 0.161. The van der Waals surface area contributed by atoms with Gasteiger partial charge in [0.05, 0.1) is 16.5 Å². The van der Waals surface area contributed by atoms with Gasteiger partial charge in [-0.05, 0) is 43.5 Å². The van der Waals surface area contributed by atoms with Gasteiger partial charge in [-0.1, -0.05) is 13.8 Å². The van der Waals surface area contributed by atoms with E-state index in [1.165, 1.54) is 18.2 Å². The fraction of sp³-hybridized carbons (Fsp3) is 0.500. The number of rotatable bonds is 6. The number of nitrogens with one attached hydrogen (secondary N) is 1. The average Bonchev–Trinajstić information content (AvgIpc) is 2.44. The van der Waals surface area contributed by atoms with E-state index in [2.05, 4.69) is 4.72 Å². The van der Waals surface area contributed by atoms with Crippen LogP contribution >= 0.6 is 12.4 Å². The maximum absolute atomic E-state index is 12.4. The quantitative estimate of drug-likeness (QED) is 0.834. The lowest BCUT2D eigenvalue weighted by Crippen LogP contribution is -2.52. The predicted octanol–water partition coefficient (Wildman–Crippen LogP) is 2.08. The van der Waals surface area contributed by atoms with E-state index in [0.717, 1.165) is 0 Å². The molecular formula is C14H22ClN3O2S. The summed E-state index contributed by atoms with van der Waals surface area (Å²) in [5, 5.41) is 8.88. The minimum Gasteiger partial charge on any atom is -0.329 e. The molecule has 0 aliphatic heterocycles. The van der Waals surface area contributed by atoms with Crippen LogP contribution in [0.5, 0.6) is 0 Å². The highest BCUT2D eigenvalue weighted by atomic mass is 35.5. The molecule has 0 aliphatic carbocycles. The molecule has 0 unspecified atom stereocenters. The highest BCUT2D eigenvalue weighted by Crippen LogP contribution is 2.20. The van der Waals surface area contributed by atoms with Gasteiger partial charge < -0.3 is 5.73 Å². The Morgan fingerprint density at radius 3 is 2.29 bits per heavy atom. The Bertz CT molecular complexity index is 611. The molecule has 21 heavy (non-hydrogen) atoms. The minimum absolute atomic E-state index is 0. The Kier molecular flexibility index (Phi) is 7.34. The van der Waals surface area contributed by atoms with Crippen molar-refractivity contribution in [2.75, 3.05) is 6.54 Å². The summed E-state index contributed by atoms with van der Waals surface area (Å²) >= 11 is 0. The largest absolute Gasteiger partial charge is 0.329 e. The van der Waals surface area contributed by atoms with Crippen LogP contribution in [0.15, 0.2) is 23.1 Å². The molecule has 5 nitrogen and oxygen atoms in total. The van der Waals surface area contributed by atoms with Crippen LogP contribution in [0, 0.1) is 18.3 Å². The number of hydrogen-bond acceptors (Lipinski definition) is 4. The summed E-state index contributed by atoms with van der Waals surface area (Å²) in [5.74, 6) is 0. The van der Waals surface area contributed by atoms with Crippen LogP contribution in [-0.4, -0.2) is 20.5 Å². The van der Waals surface area contributed by atoms with Gasteiger partial charge in [-0.3, -0.25) is 0 Å². The van der Waals surface area contributed by atoms with Gasteiger partial charge in [0, 0.05) is 12.1 Å². The maximum Gasteiger partial charge on any atom is 0.241 e. The predicted molar refractivity (Wildman–Crippen MR) is 85.8 cm³/mol. The van der Waals surface area contributed by atoms with E-state index in [-0.39, 0.29) is 23.8 Å². The molecule has 0 heterocycles. The smallest absolute Gasteiger partial charge is 0.241 e. The van der Waals surface area contributed by atoms with Crippen LogP contribution in [0.3, 0.4) is 0 Å². The van der Waals surface area contributed by atoms with Gasteiger partial charge in [0.2, 0.25) is 10.0 Å². The van der Waals surface area contributed by atoms with E-state index in [4.69, 9.17) is 11.0 Å². The van der Waals surface area contributed by atoms with Gasteiger partial charge in [0.1, 0.15) is 0 Å². The van der Waals surface area contributed by atoms with Crippen LogP contribution < -0.4 is 10.5 Å². The first kappa shape index (κ1) is 19.9. The van der Waals surface area contributed by atoms with Gasteiger partial charge >= 0.3 is 0 Å². The Morgan fingerprint density at radius 1 is 1.33 bits per heavy atom. The summed E-state index contributed by atoms with van der Waals surface area (Å²) in [6.45, 7) is 5.77. The fourth-order valence-electron chi connectivity index (χ4n) is 2.00. The van der Waals surface area contributed by atoms with Gasteiger partial charge in [-0.15, -0.1) is 12.4 Å².